The molecule has 1 amide bonds. The van der Waals surface area contributed by atoms with Crippen molar-refractivity contribution < 1.29 is 14.1 Å². The molecule has 0 aliphatic heterocycles. The summed E-state index contributed by atoms with van der Waals surface area (Å²) in [5.74, 6) is 2.41. The number of pyridine rings is 1. The van der Waals surface area contributed by atoms with Crippen molar-refractivity contribution in [2.45, 2.75) is 32.7 Å². The van der Waals surface area contributed by atoms with E-state index in [1.165, 1.54) is 0 Å². The Morgan fingerprint density at radius 3 is 2.77 bits per heavy atom. The molecule has 3 aromatic heterocycles. The third-order valence-electron chi connectivity index (χ3n) is 4.76. The van der Waals surface area contributed by atoms with Gasteiger partial charge in [0.2, 0.25) is 5.91 Å². The first-order chi connectivity index (χ1) is 14.7. The topological polar surface area (TPSA) is 107 Å². The van der Waals surface area contributed by atoms with Crippen LogP contribution in [0.5, 0.6) is 5.75 Å². The van der Waals surface area contributed by atoms with E-state index in [4.69, 9.17) is 9.26 Å². The number of nitrogens with one attached hydrogen (secondary N) is 1. The van der Waals surface area contributed by atoms with E-state index in [0.717, 1.165) is 11.3 Å². The van der Waals surface area contributed by atoms with Crippen molar-refractivity contribution >= 4 is 11.6 Å². The number of aryl methyl sites for hydroxylation is 2. The summed E-state index contributed by atoms with van der Waals surface area (Å²) in [6, 6.07) is 11.4. The van der Waals surface area contributed by atoms with Crippen LogP contribution in [0.25, 0.3) is 17.1 Å². The van der Waals surface area contributed by atoms with E-state index in [-0.39, 0.29) is 12.5 Å². The largest absolute Gasteiger partial charge is 0.497 e. The first kappa shape index (κ1) is 19.6. The Hall–Kier alpha value is -3.75. The van der Waals surface area contributed by atoms with E-state index in [0.29, 0.717) is 48.0 Å². The van der Waals surface area contributed by atoms with Crippen molar-refractivity contribution in [3.63, 3.8) is 0 Å². The number of ether oxygens (including phenoxy) is 1. The molecule has 0 saturated heterocycles. The number of carbonyl (C=O) groups excluding carboxylic acids is 1. The molecule has 0 atom stereocenters. The predicted molar refractivity (Wildman–Crippen MR) is 109 cm³/mol. The summed E-state index contributed by atoms with van der Waals surface area (Å²) in [4.78, 5) is 16.6. The maximum absolute atomic E-state index is 12.3. The summed E-state index contributed by atoms with van der Waals surface area (Å²) in [7, 11) is 1.63. The Morgan fingerprint density at radius 1 is 1.20 bits per heavy atom. The molecule has 0 unspecified atom stereocenters. The minimum Gasteiger partial charge on any atom is -0.497 e. The van der Waals surface area contributed by atoms with Crippen molar-refractivity contribution in [2.24, 2.45) is 0 Å². The Balaban J connectivity index is 1.40. The average molecular weight is 406 g/mol. The van der Waals surface area contributed by atoms with E-state index in [2.05, 4.69) is 25.7 Å². The van der Waals surface area contributed by atoms with Crippen LogP contribution in [0.1, 0.15) is 30.6 Å². The highest BCUT2D eigenvalue weighted by Crippen LogP contribution is 2.22. The van der Waals surface area contributed by atoms with Crippen molar-refractivity contribution in [1.29, 1.82) is 0 Å². The third-order valence-corrected chi connectivity index (χ3v) is 4.76. The molecule has 4 rings (SSSR count). The fourth-order valence-electron chi connectivity index (χ4n) is 3.07. The van der Waals surface area contributed by atoms with Gasteiger partial charge in [-0.25, -0.2) is 0 Å². The number of methoxy groups -OCH3 is 1. The molecule has 0 bridgehead atoms. The highest BCUT2D eigenvalue weighted by Gasteiger charge is 2.16. The average Bonchev–Trinajstić information content (AvgIpc) is 3.43. The molecule has 9 heteroatoms. The van der Waals surface area contributed by atoms with Crippen LogP contribution >= 0.6 is 0 Å². The fourth-order valence-corrected chi connectivity index (χ4v) is 3.07. The number of hydrogen-bond donors (Lipinski definition) is 1. The van der Waals surface area contributed by atoms with Gasteiger partial charge in [0.15, 0.2) is 17.3 Å². The van der Waals surface area contributed by atoms with Gasteiger partial charge in [-0.1, -0.05) is 24.2 Å². The molecular formula is C21H22N6O3. The normalized spacial score (nSPS) is 11.0. The number of amides is 1. The highest BCUT2D eigenvalue weighted by atomic mass is 16.5. The van der Waals surface area contributed by atoms with Crippen LogP contribution in [-0.2, 0) is 24.2 Å². The minimum absolute atomic E-state index is 0.0526. The van der Waals surface area contributed by atoms with Crippen molar-refractivity contribution in [3.05, 3.63) is 59.8 Å². The zero-order valence-electron chi connectivity index (χ0n) is 16.8. The van der Waals surface area contributed by atoms with Gasteiger partial charge in [-0.2, -0.15) is 4.98 Å². The molecule has 0 spiro atoms. The molecular weight excluding hydrogens is 384 g/mol. The summed E-state index contributed by atoms with van der Waals surface area (Å²) in [5, 5.41) is 15.3. The standard InChI is InChI=1S/C21H22N6O3/c1-3-17-23-21(30-26-17)16-5-4-12-27-18(24-25-20(16)27)13-22-19(28)11-8-14-6-9-15(29-2)10-7-14/h4-7,9-10,12H,3,8,11,13H2,1-2H3,(H,22,28). The highest BCUT2D eigenvalue weighted by molar-refractivity contribution is 5.76. The van der Waals surface area contributed by atoms with Gasteiger partial charge < -0.3 is 14.6 Å². The Labute approximate surface area is 173 Å². The van der Waals surface area contributed by atoms with E-state index in [9.17, 15) is 4.79 Å². The predicted octanol–water partition coefficient (Wildman–Crippen LogP) is 2.60. The summed E-state index contributed by atoms with van der Waals surface area (Å²) in [5.41, 5.74) is 2.38. The molecule has 0 radical (unpaired) electrons. The number of rotatable bonds is 8. The van der Waals surface area contributed by atoms with Gasteiger partial charge in [-0.15, -0.1) is 10.2 Å². The second-order valence-corrected chi connectivity index (χ2v) is 6.73. The maximum atomic E-state index is 12.3. The van der Waals surface area contributed by atoms with Gasteiger partial charge in [-0.05, 0) is 36.2 Å². The zero-order valence-corrected chi connectivity index (χ0v) is 16.8. The quantitative estimate of drug-likeness (QED) is 0.479. The van der Waals surface area contributed by atoms with E-state index in [1.807, 2.05) is 53.9 Å². The number of aromatic nitrogens is 5. The molecule has 0 fully saturated rings. The van der Waals surface area contributed by atoms with Gasteiger partial charge in [0.05, 0.1) is 19.2 Å². The number of nitrogens with zero attached hydrogens (tertiary/aromatic N) is 5. The maximum Gasteiger partial charge on any atom is 0.261 e. The first-order valence-electron chi connectivity index (χ1n) is 9.73. The Bertz CT molecular complexity index is 1150. The number of benzene rings is 1. The summed E-state index contributed by atoms with van der Waals surface area (Å²) < 4.78 is 12.3. The zero-order chi connectivity index (χ0) is 20.9. The van der Waals surface area contributed by atoms with Gasteiger partial charge in [0.25, 0.3) is 5.89 Å². The van der Waals surface area contributed by atoms with Gasteiger partial charge in [0, 0.05) is 19.0 Å². The van der Waals surface area contributed by atoms with Crippen LogP contribution in [0.2, 0.25) is 0 Å². The van der Waals surface area contributed by atoms with Crippen molar-refractivity contribution in [1.82, 2.24) is 30.1 Å². The molecule has 4 aromatic rings. The van der Waals surface area contributed by atoms with Gasteiger partial charge in [0.1, 0.15) is 5.75 Å². The number of fused-ring (bicyclic) bond motifs is 1. The lowest BCUT2D eigenvalue weighted by Gasteiger charge is -2.06. The van der Waals surface area contributed by atoms with E-state index in [1.54, 1.807) is 7.11 Å². The smallest absolute Gasteiger partial charge is 0.261 e. The second kappa shape index (κ2) is 8.73. The molecule has 0 saturated carbocycles. The molecule has 3 heterocycles. The fraction of sp³-hybridized carbons (Fsp3) is 0.286. The summed E-state index contributed by atoms with van der Waals surface area (Å²) in [6.45, 7) is 2.23. The third kappa shape index (κ3) is 4.14. The first-order valence-corrected chi connectivity index (χ1v) is 9.73. The Kier molecular flexibility index (Phi) is 5.69. The monoisotopic (exact) mass is 406 g/mol. The summed E-state index contributed by atoms with van der Waals surface area (Å²) >= 11 is 0. The molecule has 154 valence electrons. The van der Waals surface area contributed by atoms with E-state index < -0.39 is 0 Å². The van der Waals surface area contributed by atoms with Crippen molar-refractivity contribution in [3.8, 4) is 17.2 Å². The lowest BCUT2D eigenvalue weighted by molar-refractivity contribution is -0.121. The molecule has 30 heavy (non-hydrogen) atoms. The summed E-state index contributed by atoms with van der Waals surface area (Å²) in [6.07, 6.45) is 3.56. The molecule has 1 N–H and O–H groups in total. The van der Waals surface area contributed by atoms with Crippen LogP contribution in [0, 0.1) is 0 Å². The molecule has 0 aliphatic rings. The van der Waals surface area contributed by atoms with Crippen LogP contribution in [-0.4, -0.2) is 37.8 Å². The SMILES string of the molecule is CCc1noc(-c2cccn3c(CNC(=O)CCc4ccc(OC)cc4)nnc23)n1. The minimum atomic E-state index is -0.0526. The van der Waals surface area contributed by atoms with Crippen LogP contribution in [0.15, 0.2) is 47.1 Å². The lowest BCUT2D eigenvalue weighted by atomic mass is 10.1. The van der Waals surface area contributed by atoms with Crippen LogP contribution in [0.3, 0.4) is 0 Å². The molecule has 0 aliphatic carbocycles. The second-order valence-electron chi connectivity index (χ2n) is 6.73. The molecule has 1 aromatic carbocycles. The van der Waals surface area contributed by atoms with Crippen LogP contribution in [0.4, 0.5) is 0 Å². The Morgan fingerprint density at radius 2 is 2.03 bits per heavy atom. The van der Waals surface area contributed by atoms with Crippen LogP contribution < -0.4 is 10.1 Å². The van der Waals surface area contributed by atoms with Crippen molar-refractivity contribution in [2.75, 3.05) is 7.11 Å². The van der Waals surface area contributed by atoms with E-state index >= 15 is 0 Å². The van der Waals surface area contributed by atoms with Gasteiger partial charge >= 0.3 is 0 Å². The molecule has 9 nitrogen and oxygen atoms in total. The number of hydrogen-bond acceptors (Lipinski definition) is 7. The lowest BCUT2D eigenvalue weighted by Crippen LogP contribution is -2.24. The van der Waals surface area contributed by atoms with Gasteiger partial charge in [-0.3, -0.25) is 9.20 Å². The number of carbonyl (C=O) groups is 1.